The average Bonchev–Trinajstić information content (AvgIpc) is 2.77. The Morgan fingerprint density at radius 3 is 2.47 bits per heavy atom. The van der Waals surface area contributed by atoms with E-state index in [9.17, 15) is 10.1 Å². The van der Waals surface area contributed by atoms with Gasteiger partial charge in [0.25, 0.3) is 5.69 Å². The fourth-order valence-electron chi connectivity index (χ4n) is 1.26. The van der Waals surface area contributed by atoms with Crippen molar-refractivity contribution in [1.29, 1.82) is 0 Å². The second kappa shape index (κ2) is 5.42. The van der Waals surface area contributed by atoms with Gasteiger partial charge in [0.05, 0.1) is 10.6 Å². The van der Waals surface area contributed by atoms with Gasteiger partial charge in [0, 0.05) is 24.2 Å². The molecule has 1 heterocycles. The van der Waals surface area contributed by atoms with Crippen molar-refractivity contribution in [3.8, 4) is 11.5 Å². The van der Waals surface area contributed by atoms with Crippen LogP contribution in [0.4, 0.5) is 5.69 Å². The van der Waals surface area contributed by atoms with Gasteiger partial charge in [-0.1, -0.05) is 0 Å². The Balaban J connectivity index is 0.00000144. The Morgan fingerprint density at radius 1 is 1.35 bits per heavy atom. The van der Waals surface area contributed by atoms with Gasteiger partial charge in [-0.25, -0.2) is 4.98 Å². The molecule has 0 atom stereocenters. The molecule has 0 aliphatic heterocycles. The molecule has 2 rings (SSSR count). The second-order valence-electron chi connectivity index (χ2n) is 3.15. The van der Waals surface area contributed by atoms with Gasteiger partial charge in [-0.05, 0) is 12.1 Å². The Labute approximate surface area is 103 Å². The number of hydrogen-bond acceptors (Lipinski definition) is 5. The molecular weight excluding hydrogens is 246 g/mol. The molecule has 0 saturated heterocycles. The lowest BCUT2D eigenvalue weighted by Crippen LogP contribution is -1.95. The van der Waals surface area contributed by atoms with Crippen LogP contribution in [0.25, 0.3) is 11.5 Å². The molecule has 1 aromatic carbocycles. The smallest absolute Gasteiger partial charge is 0.269 e. The lowest BCUT2D eigenvalue weighted by molar-refractivity contribution is -0.384. The highest BCUT2D eigenvalue weighted by molar-refractivity contribution is 5.85. The fraction of sp³-hybridized carbons (Fsp3) is 0.100. The summed E-state index contributed by atoms with van der Waals surface area (Å²) in [6.45, 7) is 0.302. The minimum atomic E-state index is -0.454. The third-order valence-corrected chi connectivity index (χ3v) is 2.09. The van der Waals surface area contributed by atoms with Crippen molar-refractivity contribution >= 4 is 18.1 Å². The summed E-state index contributed by atoms with van der Waals surface area (Å²) < 4.78 is 5.18. The van der Waals surface area contributed by atoms with Gasteiger partial charge < -0.3 is 10.2 Å². The van der Waals surface area contributed by atoms with E-state index in [1.54, 1.807) is 12.1 Å². The SMILES string of the molecule is Cl.NCc1coc(-c2ccc([N+](=O)[O-])cc2)n1. The summed E-state index contributed by atoms with van der Waals surface area (Å²) >= 11 is 0. The zero-order valence-electron chi connectivity index (χ0n) is 8.70. The third kappa shape index (κ3) is 2.80. The highest BCUT2D eigenvalue weighted by Gasteiger charge is 2.08. The van der Waals surface area contributed by atoms with Crippen LogP contribution in [-0.4, -0.2) is 9.91 Å². The molecule has 2 N–H and O–H groups in total. The van der Waals surface area contributed by atoms with Gasteiger partial charge in [-0.2, -0.15) is 0 Å². The molecule has 0 spiro atoms. The van der Waals surface area contributed by atoms with Crippen LogP contribution in [0.1, 0.15) is 5.69 Å². The van der Waals surface area contributed by atoms with Crippen LogP contribution in [0.15, 0.2) is 34.9 Å². The first-order chi connectivity index (χ1) is 7.70. The molecule has 0 aliphatic carbocycles. The van der Waals surface area contributed by atoms with Gasteiger partial charge in [0.2, 0.25) is 5.89 Å². The van der Waals surface area contributed by atoms with Crippen LogP contribution in [0.5, 0.6) is 0 Å². The summed E-state index contributed by atoms with van der Waals surface area (Å²) in [7, 11) is 0. The Morgan fingerprint density at radius 2 is 2.00 bits per heavy atom. The summed E-state index contributed by atoms with van der Waals surface area (Å²) in [6, 6.07) is 5.98. The first kappa shape index (κ1) is 13.1. The molecule has 1 aromatic heterocycles. The molecule has 17 heavy (non-hydrogen) atoms. The van der Waals surface area contributed by atoms with E-state index >= 15 is 0 Å². The average molecular weight is 256 g/mol. The van der Waals surface area contributed by atoms with Gasteiger partial charge >= 0.3 is 0 Å². The van der Waals surface area contributed by atoms with Crippen molar-refractivity contribution in [2.45, 2.75) is 6.54 Å². The van der Waals surface area contributed by atoms with Crippen LogP contribution < -0.4 is 5.73 Å². The molecule has 90 valence electrons. The number of benzene rings is 1. The lowest BCUT2D eigenvalue weighted by atomic mass is 10.2. The van der Waals surface area contributed by atoms with Gasteiger partial charge in [0.15, 0.2) is 0 Å². The van der Waals surface area contributed by atoms with Gasteiger partial charge in [-0.15, -0.1) is 12.4 Å². The number of oxazole rings is 1. The highest BCUT2D eigenvalue weighted by Crippen LogP contribution is 2.21. The molecule has 0 amide bonds. The van der Waals surface area contributed by atoms with E-state index in [-0.39, 0.29) is 18.1 Å². The van der Waals surface area contributed by atoms with E-state index in [1.165, 1.54) is 18.4 Å². The Bertz CT molecular complexity index is 510. The predicted molar refractivity (Wildman–Crippen MR) is 63.7 cm³/mol. The van der Waals surface area contributed by atoms with E-state index in [2.05, 4.69) is 4.98 Å². The molecular formula is C10H10ClN3O3. The molecule has 7 heteroatoms. The van der Waals surface area contributed by atoms with E-state index < -0.39 is 4.92 Å². The molecule has 6 nitrogen and oxygen atoms in total. The Hall–Kier alpha value is -1.92. The van der Waals surface area contributed by atoms with Crippen LogP contribution in [0.2, 0.25) is 0 Å². The zero-order valence-corrected chi connectivity index (χ0v) is 9.52. The number of hydrogen-bond donors (Lipinski definition) is 1. The zero-order chi connectivity index (χ0) is 11.5. The van der Waals surface area contributed by atoms with E-state index in [0.29, 0.717) is 23.7 Å². The molecule has 0 saturated carbocycles. The number of rotatable bonds is 3. The van der Waals surface area contributed by atoms with Crippen molar-refractivity contribution in [2.24, 2.45) is 5.73 Å². The summed E-state index contributed by atoms with van der Waals surface area (Å²) in [5, 5.41) is 10.4. The van der Waals surface area contributed by atoms with Crippen molar-refractivity contribution in [3.63, 3.8) is 0 Å². The van der Waals surface area contributed by atoms with Crippen molar-refractivity contribution in [2.75, 3.05) is 0 Å². The maximum Gasteiger partial charge on any atom is 0.269 e. The standard InChI is InChI=1S/C10H9N3O3.ClH/c11-5-8-6-16-10(12-8)7-1-3-9(4-2-7)13(14)15;/h1-4,6H,5,11H2;1H. The number of halogens is 1. The number of nitro benzene ring substituents is 1. The first-order valence-corrected chi connectivity index (χ1v) is 4.60. The van der Waals surface area contributed by atoms with Crippen molar-refractivity contribution < 1.29 is 9.34 Å². The molecule has 0 bridgehead atoms. The van der Waals surface area contributed by atoms with E-state index in [0.717, 1.165) is 0 Å². The topological polar surface area (TPSA) is 95.2 Å². The van der Waals surface area contributed by atoms with Crippen LogP contribution in [-0.2, 0) is 6.54 Å². The minimum absolute atomic E-state index is 0. The third-order valence-electron chi connectivity index (χ3n) is 2.09. The van der Waals surface area contributed by atoms with Crippen LogP contribution in [0.3, 0.4) is 0 Å². The number of nitrogens with zero attached hydrogens (tertiary/aromatic N) is 2. The molecule has 0 unspecified atom stereocenters. The maximum absolute atomic E-state index is 10.4. The van der Waals surface area contributed by atoms with Crippen molar-refractivity contribution in [3.05, 3.63) is 46.3 Å². The highest BCUT2D eigenvalue weighted by atomic mass is 35.5. The predicted octanol–water partition coefficient (Wildman–Crippen LogP) is 2.13. The quantitative estimate of drug-likeness (QED) is 0.669. The summed E-state index contributed by atoms with van der Waals surface area (Å²) in [5.74, 6) is 0.412. The normalized spacial score (nSPS) is 9.71. The molecule has 2 aromatic rings. The number of aromatic nitrogens is 1. The Kier molecular flexibility index (Phi) is 4.19. The fourth-order valence-corrected chi connectivity index (χ4v) is 1.26. The monoisotopic (exact) mass is 255 g/mol. The summed E-state index contributed by atoms with van der Waals surface area (Å²) in [4.78, 5) is 14.1. The first-order valence-electron chi connectivity index (χ1n) is 4.60. The number of nitrogens with two attached hydrogens (primary N) is 1. The summed E-state index contributed by atoms with van der Waals surface area (Å²) in [6.07, 6.45) is 1.47. The minimum Gasteiger partial charge on any atom is -0.444 e. The molecule has 0 aliphatic rings. The van der Waals surface area contributed by atoms with Crippen molar-refractivity contribution in [1.82, 2.24) is 4.98 Å². The molecule has 0 fully saturated rings. The maximum atomic E-state index is 10.4. The van der Waals surface area contributed by atoms with Crippen LogP contribution in [0, 0.1) is 10.1 Å². The van der Waals surface area contributed by atoms with Crippen LogP contribution >= 0.6 is 12.4 Å². The van der Waals surface area contributed by atoms with Gasteiger partial charge in [-0.3, -0.25) is 10.1 Å². The molecule has 0 radical (unpaired) electrons. The van der Waals surface area contributed by atoms with E-state index in [4.69, 9.17) is 10.2 Å². The second-order valence-corrected chi connectivity index (χ2v) is 3.15. The lowest BCUT2D eigenvalue weighted by Gasteiger charge is -1.94. The van der Waals surface area contributed by atoms with E-state index in [1.807, 2.05) is 0 Å². The number of nitro groups is 1. The largest absolute Gasteiger partial charge is 0.444 e. The summed E-state index contributed by atoms with van der Waals surface area (Å²) in [5.41, 5.74) is 6.76. The number of non-ortho nitro benzene ring substituents is 1. The van der Waals surface area contributed by atoms with Gasteiger partial charge in [0.1, 0.15) is 6.26 Å².